The average molecular weight is 404 g/mol. The zero-order chi connectivity index (χ0) is 20.1. The number of hydrogen-bond acceptors (Lipinski definition) is 5. The second kappa shape index (κ2) is 6.62. The smallest absolute Gasteiger partial charge is 0.307 e. The molecule has 0 radical (unpaired) electrons. The van der Waals surface area contributed by atoms with E-state index < -0.39 is 32.2 Å². The third-order valence-electron chi connectivity index (χ3n) is 5.30. The van der Waals surface area contributed by atoms with E-state index in [9.17, 15) is 22.8 Å². The van der Waals surface area contributed by atoms with Crippen LogP contribution >= 0.6 is 0 Å². The van der Waals surface area contributed by atoms with Gasteiger partial charge in [-0.25, -0.2) is 22.7 Å². The lowest BCUT2D eigenvalue weighted by Gasteiger charge is -2.16. The summed E-state index contributed by atoms with van der Waals surface area (Å²) < 4.78 is 27.8. The van der Waals surface area contributed by atoms with Crippen molar-refractivity contribution in [2.75, 3.05) is 5.32 Å². The summed E-state index contributed by atoms with van der Waals surface area (Å²) in [6.45, 7) is 0. The number of aromatic amines is 1. The Bertz CT molecular complexity index is 1180. The molecule has 1 aromatic carbocycles. The molecule has 3 N–H and O–H groups in total. The molecule has 28 heavy (non-hydrogen) atoms. The van der Waals surface area contributed by atoms with Crippen molar-refractivity contribution in [1.29, 1.82) is 0 Å². The Balaban J connectivity index is 1.64. The fourth-order valence-electron chi connectivity index (χ4n) is 4.01. The lowest BCUT2D eigenvalue weighted by Crippen LogP contribution is -2.40. The number of nitrogens with one attached hydrogen (secondary N) is 3. The molecule has 2 amide bonds. The van der Waals surface area contributed by atoms with Crippen LogP contribution in [-0.4, -0.2) is 24.0 Å². The maximum absolute atomic E-state index is 12.5. The number of amides is 2. The number of benzene rings is 1. The van der Waals surface area contributed by atoms with Crippen molar-refractivity contribution < 1.29 is 13.2 Å². The summed E-state index contributed by atoms with van der Waals surface area (Å²) in [5.41, 5.74) is 3.40. The molecular formula is C18H20N4O5S. The molecule has 2 aliphatic rings. The Morgan fingerprint density at radius 3 is 2.29 bits per heavy atom. The first-order chi connectivity index (χ1) is 13.3. The van der Waals surface area contributed by atoms with Gasteiger partial charge < -0.3 is 9.88 Å². The van der Waals surface area contributed by atoms with Crippen LogP contribution in [0.4, 0.5) is 10.5 Å². The van der Waals surface area contributed by atoms with Crippen molar-refractivity contribution in [3.63, 3.8) is 0 Å². The molecule has 1 heterocycles. The van der Waals surface area contributed by atoms with Crippen LogP contribution in [0, 0.1) is 0 Å². The van der Waals surface area contributed by atoms with Crippen LogP contribution in [0.3, 0.4) is 0 Å². The van der Waals surface area contributed by atoms with Gasteiger partial charge >= 0.3 is 11.7 Å². The van der Waals surface area contributed by atoms with E-state index in [4.69, 9.17) is 0 Å². The van der Waals surface area contributed by atoms with E-state index in [1.54, 1.807) is 0 Å². The summed E-state index contributed by atoms with van der Waals surface area (Å²) >= 11 is 0. The SMILES string of the molecule is Cn1cc(S(=O)(=O)NC(=O)Nc2c3c(cc4c2CCC4)CCC3)c(=O)[nH]c1=O. The van der Waals surface area contributed by atoms with Gasteiger partial charge in [0.15, 0.2) is 4.90 Å². The van der Waals surface area contributed by atoms with Crippen molar-refractivity contribution in [2.24, 2.45) is 7.05 Å². The third kappa shape index (κ3) is 3.13. The number of nitrogens with zero attached hydrogens (tertiary/aromatic N) is 1. The summed E-state index contributed by atoms with van der Waals surface area (Å²) in [5.74, 6) is 0. The fourth-order valence-corrected chi connectivity index (χ4v) is 5.01. The highest BCUT2D eigenvalue weighted by Gasteiger charge is 2.27. The quantitative estimate of drug-likeness (QED) is 0.688. The minimum atomic E-state index is -4.44. The number of aryl methyl sites for hydroxylation is 3. The molecular weight excluding hydrogens is 384 g/mol. The Hall–Kier alpha value is -2.88. The molecule has 0 fully saturated rings. The number of H-pyrrole nitrogens is 1. The number of urea groups is 1. The lowest BCUT2D eigenvalue weighted by atomic mass is 9.99. The van der Waals surface area contributed by atoms with E-state index in [0.717, 1.165) is 60.4 Å². The first-order valence-corrected chi connectivity index (χ1v) is 10.5. The molecule has 0 spiro atoms. The molecule has 0 bridgehead atoms. The van der Waals surface area contributed by atoms with Gasteiger partial charge in [-0.2, -0.15) is 0 Å². The molecule has 0 unspecified atom stereocenters. The van der Waals surface area contributed by atoms with E-state index >= 15 is 0 Å². The molecule has 0 aliphatic heterocycles. The number of sulfonamides is 1. The van der Waals surface area contributed by atoms with Crippen LogP contribution in [0.25, 0.3) is 0 Å². The van der Waals surface area contributed by atoms with Crippen molar-refractivity contribution in [2.45, 2.75) is 43.4 Å². The largest absolute Gasteiger partial charge is 0.333 e. The first kappa shape index (κ1) is 18.5. The van der Waals surface area contributed by atoms with E-state index in [1.807, 2.05) is 9.71 Å². The Morgan fingerprint density at radius 1 is 1.07 bits per heavy atom. The minimum Gasteiger partial charge on any atom is -0.307 e. The van der Waals surface area contributed by atoms with Crippen LogP contribution < -0.4 is 21.3 Å². The maximum Gasteiger partial charge on any atom is 0.333 e. The highest BCUT2D eigenvalue weighted by molar-refractivity contribution is 7.90. The molecule has 4 rings (SSSR count). The second-order valence-corrected chi connectivity index (χ2v) is 8.81. The number of carbonyl (C=O) groups excluding carboxylic acids is 1. The zero-order valence-electron chi connectivity index (χ0n) is 15.3. The van der Waals surface area contributed by atoms with Crippen molar-refractivity contribution in [3.8, 4) is 0 Å². The highest BCUT2D eigenvalue weighted by atomic mass is 32.2. The van der Waals surface area contributed by atoms with Gasteiger partial charge in [-0.1, -0.05) is 6.07 Å². The number of rotatable bonds is 3. The topological polar surface area (TPSA) is 130 Å². The van der Waals surface area contributed by atoms with Crippen LogP contribution in [0.15, 0.2) is 26.7 Å². The van der Waals surface area contributed by atoms with Gasteiger partial charge in [0.05, 0.1) is 0 Å². The first-order valence-electron chi connectivity index (χ1n) is 9.06. The molecule has 9 nitrogen and oxygen atoms in total. The van der Waals surface area contributed by atoms with Gasteiger partial charge in [-0.15, -0.1) is 0 Å². The normalized spacial score (nSPS) is 15.2. The molecule has 2 aromatic rings. The number of fused-ring (bicyclic) bond motifs is 2. The second-order valence-electron chi connectivity index (χ2n) is 7.16. The highest BCUT2D eigenvalue weighted by Crippen LogP contribution is 2.38. The van der Waals surface area contributed by atoms with Crippen molar-refractivity contribution >= 4 is 21.7 Å². The number of carbonyl (C=O) groups is 1. The Morgan fingerprint density at radius 2 is 1.68 bits per heavy atom. The number of aromatic nitrogens is 2. The summed E-state index contributed by atoms with van der Waals surface area (Å²) in [6, 6.07) is 1.27. The molecule has 10 heteroatoms. The van der Waals surface area contributed by atoms with Crippen LogP contribution in [-0.2, 0) is 42.8 Å². The van der Waals surface area contributed by atoms with Crippen molar-refractivity contribution in [3.05, 3.63) is 55.4 Å². The van der Waals surface area contributed by atoms with Gasteiger partial charge in [0.2, 0.25) is 0 Å². The lowest BCUT2D eigenvalue weighted by molar-refractivity contribution is 0.256. The van der Waals surface area contributed by atoms with Gasteiger partial charge in [0, 0.05) is 18.9 Å². The summed E-state index contributed by atoms with van der Waals surface area (Å²) in [4.78, 5) is 37.0. The Labute approximate surface area is 160 Å². The summed E-state index contributed by atoms with van der Waals surface area (Å²) in [7, 11) is -3.14. The van der Waals surface area contributed by atoms with Crippen molar-refractivity contribution in [1.82, 2.24) is 14.3 Å². The minimum absolute atomic E-state index is 0.699. The van der Waals surface area contributed by atoms with Gasteiger partial charge in [0.1, 0.15) is 0 Å². The molecule has 148 valence electrons. The molecule has 0 atom stereocenters. The van der Waals surface area contributed by atoms with Crippen LogP contribution in [0.1, 0.15) is 35.1 Å². The predicted octanol–water partition coefficient (Wildman–Crippen LogP) is 0.561. The van der Waals surface area contributed by atoms with Crippen LogP contribution in [0.5, 0.6) is 0 Å². The molecule has 0 saturated heterocycles. The number of hydrogen-bond donors (Lipinski definition) is 3. The molecule has 1 aromatic heterocycles. The van der Waals surface area contributed by atoms with Gasteiger partial charge in [-0.05, 0) is 60.8 Å². The van der Waals surface area contributed by atoms with Crippen LogP contribution in [0.2, 0.25) is 0 Å². The number of anilines is 1. The van der Waals surface area contributed by atoms with Gasteiger partial charge in [-0.3, -0.25) is 9.78 Å². The molecule has 2 aliphatic carbocycles. The average Bonchev–Trinajstić information content (AvgIpc) is 3.26. The molecule has 0 saturated carbocycles. The maximum atomic E-state index is 12.5. The zero-order valence-corrected chi connectivity index (χ0v) is 16.1. The fraction of sp³-hybridized carbons (Fsp3) is 0.389. The van der Waals surface area contributed by atoms with Gasteiger partial charge in [0.25, 0.3) is 15.6 Å². The third-order valence-corrected chi connectivity index (χ3v) is 6.63. The monoisotopic (exact) mass is 404 g/mol. The Kier molecular flexibility index (Phi) is 4.37. The summed E-state index contributed by atoms with van der Waals surface area (Å²) in [6.07, 6.45) is 6.46. The van der Waals surface area contributed by atoms with E-state index in [2.05, 4.69) is 11.4 Å². The van der Waals surface area contributed by atoms with E-state index in [-0.39, 0.29) is 0 Å². The van der Waals surface area contributed by atoms with E-state index in [1.165, 1.54) is 18.2 Å². The standard InChI is InChI=1S/C18H20N4O5S/c1-22-9-14(16(23)20-18(22)25)28(26,27)21-17(24)19-15-12-6-2-4-10(12)8-11-5-3-7-13(11)15/h8-9H,2-7H2,1H3,(H2,19,21,24)(H,20,23,25). The summed E-state index contributed by atoms with van der Waals surface area (Å²) in [5, 5.41) is 2.70. The van der Waals surface area contributed by atoms with E-state index in [0.29, 0.717) is 5.69 Å². The predicted molar refractivity (Wildman–Crippen MR) is 102 cm³/mol.